The monoisotopic (exact) mass is 609 g/mol. The smallest absolute Gasteiger partial charge is 0.408 e. The Hall–Kier alpha value is -3.55. The first-order valence-corrected chi connectivity index (χ1v) is 16.1. The summed E-state index contributed by atoms with van der Waals surface area (Å²) in [7, 11) is 0. The van der Waals surface area contributed by atoms with Crippen LogP contribution in [0.2, 0.25) is 0 Å². The van der Waals surface area contributed by atoms with Crippen LogP contribution in [0.25, 0.3) is 0 Å². The SMILES string of the molecule is CCCCCCCCN(C(=O)C(CC(C)C)NC(=O)OC(C)(C)C)C(C(=O)Nc1c(C)cccc1C)c1cccc(C)c1O. The summed E-state index contributed by atoms with van der Waals surface area (Å²) in [6.45, 7) is 17.3. The molecule has 8 heteroatoms. The number of nitrogens with zero attached hydrogens (tertiary/aromatic N) is 1. The molecule has 0 saturated heterocycles. The minimum atomic E-state index is -1.13. The number of amides is 3. The van der Waals surface area contributed by atoms with E-state index in [2.05, 4.69) is 17.6 Å². The molecule has 2 unspecified atom stereocenters. The van der Waals surface area contributed by atoms with Crippen LogP contribution in [0.1, 0.15) is 115 Å². The van der Waals surface area contributed by atoms with E-state index in [4.69, 9.17) is 4.74 Å². The van der Waals surface area contributed by atoms with Crippen molar-refractivity contribution in [2.45, 2.75) is 125 Å². The van der Waals surface area contributed by atoms with Gasteiger partial charge in [0.1, 0.15) is 23.4 Å². The van der Waals surface area contributed by atoms with Crippen LogP contribution in [-0.4, -0.2) is 46.1 Å². The molecule has 3 N–H and O–H groups in total. The maximum Gasteiger partial charge on any atom is 0.408 e. The Balaban J connectivity index is 2.62. The van der Waals surface area contributed by atoms with E-state index in [9.17, 15) is 19.5 Å². The maximum atomic E-state index is 14.5. The van der Waals surface area contributed by atoms with Gasteiger partial charge in [0.25, 0.3) is 5.91 Å². The molecule has 0 spiro atoms. The van der Waals surface area contributed by atoms with Crippen molar-refractivity contribution in [2.24, 2.45) is 5.92 Å². The fourth-order valence-electron chi connectivity index (χ4n) is 5.33. The van der Waals surface area contributed by atoms with Crippen LogP contribution < -0.4 is 10.6 Å². The molecule has 0 fully saturated rings. The number of phenolic OH excluding ortho intramolecular Hbond substituents is 1. The third-order valence-corrected chi connectivity index (χ3v) is 7.58. The summed E-state index contributed by atoms with van der Waals surface area (Å²) in [6.07, 6.45) is 5.65. The van der Waals surface area contributed by atoms with Crippen LogP contribution in [0.3, 0.4) is 0 Å². The van der Waals surface area contributed by atoms with Gasteiger partial charge in [-0.1, -0.05) is 89.3 Å². The summed E-state index contributed by atoms with van der Waals surface area (Å²) in [5, 5.41) is 17.1. The highest BCUT2D eigenvalue weighted by Gasteiger charge is 2.38. The lowest BCUT2D eigenvalue weighted by molar-refractivity contribution is -0.141. The molecular weight excluding hydrogens is 554 g/mol. The molecule has 2 atom stereocenters. The topological polar surface area (TPSA) is 108 Å². The molecule has 2 rings (SSSR count). The predicted octanol–water partition coefficient (Wildman–Crippen LogP) is 8.13. The number of carbonyl (C=O) groups is 3. The summed E-state index contributed by atoms with van der Waals surface area (Å²) in [5.74, 6) is -0.775. The van der Waals surface area contributed by atoms with Gasteiger partial charge in [0, 0.05) is 17.8 Å². The zero-order valence-corrected chi connectivity index (χ0v) is 28.4. The molecule has 0 aromatic heterocycles. The minimum absolute atomic E-state index is 0.0320. The number of ether oxygens (including phenoxy) is 1. The van der Waals surface area contributed by atoms with Crippen LogP contribution in [0.4, 0.5) is 10.5 Å². The van der Waals surface area contributed by atoms with E-state index >= 15 is 0 Å². The second-order valence-corrected chi connectivity index (χ2v) is 13.3. The molecule has 0 heterocycles. The van der Waals surface area contributed by atoms with E-state index in [0.717, 1.165) is 43.2 Å². The number of para-hydroxylation sites is 2. The van der Waals surface area contributed by atoms with Gasteiger partial charge in [-0.15, -0.1) is 0 Å². The number of nitrogens with one attached hydrogen (secondary N) is 2. The van der Waals surface area contributed by atoms with Crippen molar-refractivity contribution in [3.8, 4) is 5.75 Å². The highest BCUT2D eigenvalue weighted by molar-refractivity contribution is 6.00. The average Bonchev–Trinajstić information content (AvgIpc) is 2.92. The Morgan fingerprint density at radius 1 is 0.886 bits per heavy atom. The normalized spacial score (nSPS) is 12.9. The van der Waals surface area contributed by atoms with E-state index in [1.165, 1.54) is 0 Å². The first-order chi connectivity index (χ1) is 20.7. The molecule has 44 heavy (non-hydrogen) atoms. The standard InChI is InChI=1S/C36H55N3O5/c1-10-11-12-13-14-15-22-39(34(42)29(23-24(2)3)37-35(43)44-36(7,8)9)31(28-21-17-20-27(6)32(28)40)33(41)38-30-25(4)18-16-19-26(30)5/h16-21,24,29,31,40H,10-15,22-23H2,1-9H3,(H,37,43)(H,38,41). The highest BCUT2D eigenvalue weighted by atomic mass is 16.6. The van der Waals surface area contributed by atoms with Crippen molar-refractivity contribution in [2.75, 3.05) is 11.9 Å². The number of hydrogen-bond acceptors (Lipinski definition) is 5. The molecule has 2 aromatic carbocycles. The van der Waals surface area contributed by atoms with Gasteiger partial charge in [-0.2, -0.15) is 0 Å². The molecule has 0 aliphatic heterocycles. The van der Waals surface area contributed by atoms with Crippen LogP contribution in [0.15, 0.2) is 36.4 Å². The van der Waals surface area contributed by atoms with Crippen molar-refractivity contribution < 1.29 is 24.2 Å². The average molecular weight is 610 g/mol. The maximum absolute atomic E-state index is 14.5. The third-order valence-electron chi connectivity index (χ3n) is 7.58. The van der Waals surface area contributed by atoms with E-state index in [-0.39, 0.29) is 24.1 Å². The second-order valence-electron chi connectivity index (χ2n) is 13.3. The van der Waals surface area contributed by atoms with Gasteiger partial charge < -0.3 is 25.4 Å². The molecule has 244 valence electrons. The summed E-state index contributed by atoms with van der Waals surface area (Å²) >= 11 is 0. The van der Waals surface area contributed by atoms with Crippen molar-refractivity contribution >= 4 is 23.6 Å². The Labute approximate surface area is 264 Å². The number of hydrogen-bond donors (Lipinski definition) is 3. The van der Waals surface area contributed by atoms with E-state index < -0.39 is 29.7 Å². The highest BCUT2D eigenvalue weighted by Crippen LogP contribution is 2.34. The van der Waals surface area contributed by atoms with Crippen molar-refractivity contribution in [3.05, 3.63) is 58.7 Å². The Kier molecular flexibility index (Phi) is 14.2. The zero-order chi connectivity index (χ0) is 33.0. The van der Waals surface area contributed by atoms with Crippen molar-refractivity contribution in [3.63, 3.8) is 0 Å². The molecule has 0 aliphatic carbocycles. The quantitative estimate of drug-likeness (QED) is 0.177. The number of rotatable bonds is 15. The number of phenols is 1. The number of unbranched alkanes of at least 4 members (excludes halogenated alkanes) is 5. The molecule has 0 bridgehead atoms. The van der Waals surface area contributed by atoms with Gasteiger partial charge in [0.15, 0.2) is 0 Å². The van der Waals surface area contributed by atoms with Crippen LogP contribution in [0, 0.1) is 26.7 Å². The zero-order valence-electron chi connectivity index (χ0n) is 28.4. The van der Waals surface area contributed by atoms with Gasteiger partial charge in [-0.05, 0) is 77.0 Å². The largest absolute Gasteiger partial charge is 0.507 e. The van der Waals surface area contributed by atoms with Crippen molar-refractivity contribution in [1.29, 1.82) is 0 Å². The first-order valence-electron chi connectivity index (χ1n) is 16.1. The lowest BCUT2D eigenvalue weighted by Crippen LogP contribution is -2.53. The van der Waals surface area contributed by atoms with Gasteiger partial charge >= 0.3 is 6.09 Å². The fourth-order valence-corrected chi connectivity index (χ4v) is 5.33. The van der Waals surface area contributed by atoms with Crippen LogP contribution >= 0.6 is 0 Å². The number of carbonyl (C=O) groups excluding carboxylic acids is 3. The molecule has 3 amide bonds. The predicted molar refractivity (Wildman–Crippen MR) is 178 cm³/mol. The minimum Gasteiger partial charge on any atom is -0.507 e. The fraction of sp³-hybridized carbons (Fsp3) is 0.583. The van der Waals surface area contributed by atoms with Gasteiger partial charge in [0.05, 0.1) is 0 Å². The molecule has 8 nitrogen and oxygen atoms in total. The summed E-state index contributed by atoms with van der Waals surface area (Å²) < 4.78 is 5.51. The van der Waals surface area contributed by atoms with Crippen LogP contribution in [-0.2, 0) is 14.3 Å². The number of anilines is 1. The number of aromatic hydroxyl groups is 1. The Morgan fingerprint density at radius 3 is 2.05 bits per heavy atom. The lowest BCUT2D eigenvalue weighted by Gasteiger charge is -2.35. The van der Waals surface area contributed by atoms with E-state index in [0.29, 0.717) is 29.7 Å². The van der Waals surface area contributed by atoms with Gasteiger partial charge in [-0.25, -0.2) is 4.79 Å². The van der Waals surface area contributed by atoms with E-state index in [1.54, 1.807) is 50.8 Å². The van der Waals surface area contributed by atoms with Crippen molar-refractivity contribution in [1.82, 2.24) is 10.2 Å². The molecule has 0 aliphatic rings. The molecule has 0 saturated carbocycles. The molecule has 2 aromatic rings. The van der Waals surface area contributed by atoms with Gasteiger partial charge in [0.2, 0.25) is 5.91 Å². The van der Waals surface area contributed by atoms with Crippen LogP contribution in [0.5, 0.6) is 5.75 Å². The van der Waals surface area contributed by atoms with E-state index in [1.807, 2.05) is 45.9 Å². The Morgan fingerprint density at radius 2 is 1.45 bits per heavy atom. The number of alkyl carbamates (subject to hydrolysis) is 1. The number of benzene rings is 2. The Bertz CT molecular complexity index is 1230. The summed E-state index contributed by atoms with van der Waals surface area (Å²) in [6, 6.07) is 8.95. The summed E-state index contributed by atoms with van der Waals surface area (Å²) in [4.78, 5) is 43.3. The third kappa shape index (κ3) is 11.2. The molecular formula is C36H55N3O5. The second kappa shape index (κ2) is 17.1. The first kappa shape index (κ1) is 36.6. The summed E-state index contributed by atoms with van der Waals surface area (Å²) in [5.41, 5.74) is 2.66. The lowest BCUT2D eigenvalue weighted by atomic mass is 9.96. The number of aryl methyl sites for hydroxylation is 3. The molecule has 0 radical (unpaired) electrons. The van der Waals surface area contributed by atoms with Gasteiger partial charge in [-0.3, -0.25) is 9.59 Å².